The third-order valence-electron chi connectivity index (χ3n) is 2.70. The highest BCUT2D eigenvalue weighted by atomic mass is 19.4. The summed E-state index contributed by atoms with van der Waals surface area (Å²) in [5, 5.41) is 11.1. The van der Waals surface area contributed by atoms with Gasteiger partial charge in [0.15, 0.2) is 0 Å². The van der Waals surface area contributed by atoms with E-state index in [0.29, 0.717) is 0 Å². The molecule has 0 aliphatic rings. The number of nitrogens with zero attached hydrogens (tertiary/aromatic N) is 1. The molecule has 1 atom stereocenters. The maximum Gasteiger partial charge on any atom is 0.406 e. The number of hydrogen-bond acceptors (Lipinski definition) is 2. The fourth-order valence-electron chi connectivity index (χ4n) is 1.57. The molecule has 0 bridgehead atoms. The molecule has 0 spiro atoms. The first-order valence-electron chi connectivity index (χ1n) is 5.93. The highest BCUT2D eigenvalue weighted by molar-refractivity contribution is 5.92. The topological polar surface area (TPSA) is 71.3 Å². The maximum absolute atomic E-state index is 12.3. The molecule has 5 nitrogen and oxygen atoms in total. The van der Waals surface area contributed by atoms with E-state index in [1.807, 2.05) is 0 Å². The molecule has 0 radical (unpaired) electrons. The lowest BCUT2D eigenvalue weighted by atomic mass is 10.1. The average Bonchev–Trinajstić information content (AvgIpc) is 2.74. The summed E-state index contributed by atoms with van der Waals surface area (Å²) in [6, 6.07) is 2.63. The van der Waals surface area contributed by atoms with Crippen LogP contribution in [0.25, 0.3) is 0 Å². The third-order valence-corrected chi connectivity index (χ3v) is 2.70. The van der Waals surface area contributed by atoms with Crippen LogP contribution in [-0.4, -0.2) is 34.3 Å². The number of aromatic nitrogens is 1. The van der Waals surface area contributed by atoms with E-state index in [9.17, 15) is 22.8 Å². The second-order valence-corrected chi connectivity index (χ2v) is 4.42. The van der Waals surface area contributed by atoms with Gasteiger partial charge >= 0.3 is 12.1 Å². The van der Waals surface area contributed by atoms with Crippen molar-refractivity contribution in [2.45, 2.75) is 26.1 Å². The van der Waals surface area contributed by atoms with Gasteiger partial charge in [-0.3, -0.25) is 9.59 Å². The van der Waals surface area contributed by atoms with E-state index in [-0.39, 0.29) is 18.7 Å². The summed E-state index contributed by atoms with van der Waals surface area (Å²) >= 11 is 0. The third kappa shape index (κ3) is 4.94. The van der Waals surface area contributed by atoms with E-state index in [0.717, 1.165) is 4.57 Å². The summed E-state index contributed by atoms with van der Waals surface area (Å²) in [5.41, 5.74) is -0.106. The Bertz CT molecular complexity index is 483. The summed E-state index contributed by atoms with van der Waals surface area (Å²) in [6.07, 6.45) is -3.03. The molecule has 0 aliphatic heterocycles. The van der Waals surface area contributed by atoms with Gasteiger partial charge in [-0.25, -0.2) is 0 Å². The molecule has 1 aromatic rings. The summed E-state index contributed by atoms with van der Waals surface area (Å²) in [7, 11) is 0. The first-order valence-corrected chi connectivity index (χ1v) is 5.93. The lowest BCUT2D eigenvalue weighted by Crippen LogP contribution is -2.30. The lowest BCUT2D eigenvalue weighted by molar-refractivity contribution is -0.142. The van der Waals surface area contributed by atoms with E-state index in [4.69, 9.17) is 5.11 Å². The van der Waals surface area contributed by atoms with Gasteiger partial charge < -0.3 is 15.0 Å². The van der Waals surface area contributed by atoms with Gasteiger partial charge in [-0.1, -0.05) is 6.92 Å². The first kappa shape index (κ1) is 16.1. The standard InChI is InChI=1S/C12H15F3N2O3/c1-8(11(19)20)4-5-16-10(18)9-3-2-6-17(9)7-12(13,14)15/h2-3,6,8H,4-5,7H2,1H3,(H,16,18)(H,19,20). The number of nitrogens with one attached hydrogen (secondary N) is 1. The van der Waals surface area contributed by atoms with Crippen LogP contribution in [0.15, 0.2) is 18.3 Å². The van der Waals surface area contributed by atoms with Crippen LogP contribution in [0.5, 0.6) is 0 Å². The van der Waals surface area contributed by atoms with Crippen LogP contribution in [0.3, 0.4) is 0 Å². The second-order valence-electron chi connectivity index (χ2n) is 4.42. The number of carboxylic acids is 1. The van der Waals surface area contributed by atoms with E-state index >= 15 is 0 Å². The molecular weight excluding hydrogens is 277 g/mol. The number of amides is 1. The van der Waals surface area contributed by atoms with Gasteiger partial charge in [0.25, 0.3) is 5.91 Å². The van der Waals surface area contributed by atoms with Crippen LogP contribution in [0.2, 0.25) is 0 Å². The van der Waals surface area contributed by atoms with Crippen LogP contribution >= 0.6 is 0 Å². The molecular formula is C12H15F3N2O3. The number of halogens is 3. The molecule has 0 aliphatic carbocycles. The highest BCUT2D eigenvalue weighted by Gasteiger charge is 2.29. The molecule has 0 saturated heterocycles. The van der Waals surface area contributed by atoms with E-state index in [1.165, 1.54) is 25.3 Å². The number of carbonyl (C=O) groups excluding carboxylic acids is 1. The molecule has 1 unspecified atom stereocenters. The van der Waals surface area contributed by atoms with Crippen molar-refractivity contribution in [1.82, 2.24) is 9.88 Å². The highest BCUT2D eigenvalue weighted by Crippen LogP contribution is 2.19. The smallest absolute Gasteiger partial charge is 0.406 e. The summed E-state index contributed by atoms with van der Waals surface area (Å²) in [6.45, 7) is 0.332. The lowest BCUT2D eigenvalue weighted by Gasteiger charge is -2.12. The Labute approximate surface area is 113 Å². The van der Waals surface area contributed by atoms with E-state index in [1.54, 1.807) is 0 Å². The van der Waals surface area contributed by atoms with Crippen molar-refractivity contribution in [2.24, 2.45) is 5.92 Å². The quantitative estimate of drug-likeness (QED) is 0.841. The molecule has 112 valence electrons. The minimum atomic E-state index is -4.41. The molecule has 2 N–H and O–H groups in total. The Morgan fingerprint density at radius 3 is 2.65 bits per heavy atom. The summed E-state index contributed by atoms with van der Waals surface area (Å²) < 4.78 is 37.7. The SMILES string of the molecule is CC(CCNC(=O)c1cccn1CC(F)(F)F)C(=O)O. The van der Waals surface area contributed by atoms with Crippen molar-refractivity contribution in [1.29, 1.82) is 0 Å². The van der Waals surface area contributed by atoms with Crippen molar-refractivity contribution in [2.75, 3.05) is 6.54 Å². The molecule has 0 saturated carbocycles. The molecule has 1 heterocycles. The maximum atomic E-state index is 12.3. The number of carboxylic acid groups (broad SMARTS) is 1. The Morgan fingerprint density at radius 1 is 1.45 bits per heavy atom. The zero-order valence-corrected chi connectivity index (χ0v) is 10.8. The minimum absolute atomic E-state index is 0.0868. The van der Waals surface area contributed by atoms with Gasteiger partial charge in [0, 0.05) is 12.7 Å². The number of alkyl halides is 3. The van der Waals surface area contributed by atoms with Crippen molar-refractivity contribution >= 4 is 11.9 Å². The minimum Gasteiger partial charge on any atom is -0.481 e. The monoisotopic (exact) mass is 292 g/mol. The summed E-state index contributed by atoms with van der Waals surface area (Å²) in [4.78, 5) is 22.3. The largest absolute Gasteiger partial charge is 0.481 e. The van der Waals surface area contributed by atoms with Crippen molar-refractivity contribution < 1.29 is 27.9 Å². The zero-order valence-electron chi connectivity index (χ0n) is 10.8. The van der Waals surface area contributed by atoms with Crippen LogP contribution in [-0.2, 0) is 11.3 Å². The van der Waals surface area contributed by atoms with Crippen molar-refractivity contribution in [3.8, 4) is 0 Å². The fourth-order valence-corrected chi connectivity index (χ4v) is 1.57. The number of aliphatic carboxylic acids is 1. The zero-order chi connectivity index (χ0) is 15.3. The van der Waals surface area contributed by atoms with Gasteiger partial charge in [-0.15, -0.1) is 0 Å². The van der Waals surface area contributed by atoms with E-state index < -0.39 is 30.5 Å². The van der Waals surface area contributed by atoms with Crippen LogP contribution in [0, 0.1) is 5.92 Å². The van der Waals surface area contributed by atoms with Crippen molar-refractivity contribution in [3.05, 3.63) is 24.0 Å². The average molecular weight is 292 g/mol. The van der Waals surface area contributed by atoms with E-state index in [2.05, 4.69) is 5.32 Å². The Balaban J connectivity index is 2.56. The van der Waals surface area contributed by atoms with Crippen LogP contribution in [0.4, 0.5) is 13.2 Å². The molecule has 0 aromatic carbocycles. The van der Waals surface area contributed by atoms with Gasteiger partial charge in [0.2, 0.25) is 0 Å². The Kier molecular flexibility index (Phi) is 5.18. The molecule has 1 rings (SSSR count). The predicted octanol–water partition coefficient (Wildman–Crippen LogP) is 1.89. The molecule has 1 aromatic heterocycles. The van der Waals surface area contributed by atoms with Gasteiger partial charge in [0.05, 0.1) is 5.92 Å². The van der Waals surface area contributed by atoms with Gasteiger partial charge in [-0.05, 0) is 18.6 Å². The molecule has 1 amide bonds. The summed E-state index contributed by atoms with van der Waals surface area (Å²) in [5.74, 6) is -2.27. The Hall–Kier alpha value is -1.99. The second kappa shape index (κ2) is 6.44. The number of hydrogen-bond donors (Lipinski definition) is 2. The normalized spacial score (nSPS) is 13.0. The first-order chi connectivity index (χ1) is 9.20. The van der Waals surface area contributed by atoms with Crippen LogP contribution < -0.4 is 5.32 Å². The number of rotatable bonds is 6. The molecule has 8 heteroatoms. The fraction of sp³-hybridized carbons (Fsp3) is 0.500. The van der Waals surface area contributed by atoms with Gasteiger partial charge in [-0.2, -0.15) is 13.2 Å². The number of carbonyl (C=O) groups is 2. The van der Waals surface area contributed by atoms with Crippen molar-refractivity contribution in [3.63, 3.8) is 0 Å². The molecule has 0 fully saturated rings. The Morgan fingerprint density at radius 2 is 2.10 bits per heavy atom. The van der Waals surface area contributed by atoms with Gasteiger partial charge in [0.1, 0.15) is 12.2 Å². The predicted molar refractivity (Wildman–Crippen MR) is 64.2 cm³/mol. The molecule has 20 heavy (non-hydrogen) atoms. The van der Waals surface area contributed by atoms with Crippen LogP contribution in [0.1, 0.15) is 23.8 Å².